The van der Waals surface area contributed by atoms with E-state index in [9.17, 15) is 15.2 Å². The van der Waals surface area contributed by atoms with Crippen molar-refractivity contribution in [3.63, 3.8) is 0 Å². The van der Waals surface area contributed by atoms with Crippen molar-refractivity contribution in [3.05, 3.63) is 51.3 Å². The van der Waals surface area contributed by atoms with Crippen LogP contribution in [0.3, 0.4) is 0 Å². The van der Waals surface area contributed by atoms with E-state index in [0.29, 0.717) is 23.9 Å². The van der Waals surface area contributed by atoms with Gasteiger partial charge in [0, 0.05) is 65.8 Å². The molecule has 0 bridgehead atoms. The fourth-order valence-corrected chi connectivity index (χ4v) is 2.68. The normalized spacial score (nSPS) is 11.9. The third kappa shape index (κ3) is 5.11. The zero-order chi connectivity index (χ0) is 20.1. The zero-order valence-electron chi connectivity index (χ0n) is 16.2. The average molecular weight is 375 g/mol. The van der Waals surface area contributed by atoms with Gasteiger partial charge in [-0.25, -0.2) is 9.97 Å². The number of aliphatic hydroxyl groups is 1. The highest BCUT2D eigenvalue weighted by atomic mass is 16.6. The van der Waals surface area contributed by atoms with Gasteiger partial charge in [-0.05, 0) is 5.56 Å². The van der Waals surface area contributed by atoms with Crippen molar-refractivity contribution in [2.45, 2.75) is 19.1 Å². The van der Waals surface area contributed by atoms with E-state index in [0.717, 1.165) is 11.1 Å². The van der Waals surface area contributed by atoms with Crippen LogP contribution in [0.5, 0.6) is 0 Å². The molecular formula is C18H25N5O4. The number of methoxy groups -OCH3 is 1. The molecule has 146 valence electrons. The Bertz CT molecular complexity index is 764. The van der Waals surface area contributed by atoms with Gasteiger partial charge < -0.3 is 19.6 Å². The lowest BCUT2D eigenvalue weighted by Gasteiger charge is -2.24. The maximum Gasteiger partial charge on any atom is 0.269 e. The van der Waals surface area contributed by atoms with Crippen molar-refractivity contribution in [1.82, 2.24) is 9.97 Å². The summed E-state index contributed by atoms with van der Waals surface area (Å²) in [5.74, 6) is 1.98. The van der Waals surface area contributed by atoms with Crippen LogP contribution >= 0.6 is 0 Å². The Morgan fingerprint density at radius 2 is 1.63 bits per heavy atom. The number of nitrogens with zero attached hydrogens (tertiary/aromatic N) is 5. The number of nitro groups is 1. The number of non-ortho nitro benzene ring substituents is 1. The SMILES string of the molecule is COC(O)Cc1c(N(C)C)nc(Cc2ccc([N+](=O)[O-])cc2)nc1N(C)C. The summed E-state index contributed by atoms with van der Waals surface area (Å²) in [5.41, 5.74) is 1.71. The van der Waals surface area contributed by atoms with Crippen LogP contribution < -0.4 is 9.80 Å². The molecule has 0 spiro atoms. The molecule has 1 heterocycles. The summed E-state index contributed by atoms with van der Waals surface area (Å²) in [6.07, 6.45) is -0.256. The van der Waals surface area contributed by atoms with Gasteiger partial charge in [0.05, 0.1) is 4.92 Å². The number of hydrogen-bond acceptors (Lipinski definition) is 8. The van der Waals surface area contributed by atoms with Gasteiger partial charge in [0.1, 0.15) is 17.5 Å². The molecule has 0 saturated carbocycles. The predicted octanol–water partition coefficient (Wildman–Crippen LogP) is 1.61. The standard InChI is InChI=1S/C18H25N5O4/c1-21(2)17-14(11-16(24)27-5)18(22(3)4)20-15(19-17)10-12-6-8-13(9-7-12)23(25)26/h6-9,16,24H,10-11H2,1-5H3. The number of benzene rings is 1. The summed E-state index contributed by atoms with van der Waals surface area (Å²) in [7, 11) is 8.94. The van der Waals surface area contributed by atoms with Gasteiger partial charge in [-0.3, -0.25) is 10.1 Å². The Labute approximate surface area is 158 Å². The minimum absolute atomic E-state index is 0.0477. The Morgan fingerprint density at radius 1 is 1.11 bits per heavy atom. The van der Waals surface area contributed by atoms with Gasteiger partial charge in [-0.2, -0.15) is 0 Å². The second-order valence-electron chi connectivity index (χ2n) is 6.55. The van der Waals surface area contributed by atoms with Gasteiger partial charge in [-0.1, -0.05) is 12.1 Å². The maximum atomic E-state index is 10.8. The third-order valence-electron chi connectivity index (χ3n) is 4.02. The van der Waals surface area contributed by atoms with E-state index >= 15 is 0 Å². The minimum Gasteiger partial charge on any atom is -0.368 e. The number of nitro benzene ring substituents is 1. The van der Waals surface area contributed by atoms with Crippen molar-refractivity contribution >= 4 is 17.3 Å². The molecule has 1 aromatic carbocycles. The first kappa shape index (κ1) is 20.5. The molecule has 0 aliphatic carbocycles. The predicted molar refractivity (Wildman–Crippen MR) is 103 cm³/mol. The van der Waals surface area contributed by atoms with Gasteiger partial charge in [0.15, 0.2) is 6.29 Å². The van der Waals surface area contributed by atoms with Crippen LogP contribution in [0.15, 0.2) is 24.3 Å². The zero-order valence-corrected chi connectivity index (χ0v) is 16.2. The molecule has 2 aromatic rings. The largest absolute Gasteiger partial charge is 0.368 e. The molecule has 0 amide bonds. The van der Waals surface area contributed by atoms with Gasteiger partial charge in [-0.15, -0.1) is 0 Å². The molecule has 1 N–H and O–H groups in total. The van der Waals surface area contributed by atoms with E-state index < -0.39 is 11.2 Å². The molecule has 0 aliphatic rings. The van der Waals surface area contributed by atoms with Gasteiger partial charge >= 0.3 is 0 Å². The minimum atomic E-state index is -0.952. The van der Waals surface area contributed by atoms with Crippen LogP contribution in [0.25, 0.3) is 0 Å². The molecular weight excluding hydrogens is 350 g/mol. The molecule has 2 rings (SSSR count). The summed E-state index contributed by atoms with van der Waals surface area (Å²) < 4.78 is 4.99. The lowest BCUT2D eigenvalue weighted by molar-refractivity contribution is -0.384. The topological polar surface area (TPSA) is 105 Å². The highest BCUT2D eigenvalue weighted by Gasteiger charge is 2.20. The smallest absolute Gasteiger partial charge is 0.269 e. The number of rotatable bonds is 8. The molecule has 1 aromatic heterocycles. The fourth-order valence-electron chi connectivity index (χ4n) is 2.68. The second-order valence-corrected chi connectivity index (χ2v) is 6.55. The van der Waals surface area contributed by atoms with Crippen molar-refractivity contribution in [2.24, 2.45) is 0 Å². The Kier molecular flexibility index (Phi) is 6.65. The van der Waals surface area contributed by atoms with Crippen molar-refractivity contribution in [1.29, 1.82) is 0 Å². The second kappa shape index (κ2) is 8.74. The van der Waals surface area contributed by atoms with Crippen LogP contribution in [0.2, 0.25) is 0 Å². The third-order valence-corrected chi connectivity index (χ3v) is 4.02. The molecule has 1 unspecified atom stereocenters. The molecule has 1 atom stereocenters. The van der Waals surface area contributed by atoms with E-state index in [1.54, 1.807) is 12.1 Å². The number of aromatic nitrogens is 2. The highest BCUT2D eigenvalue weighted by Crippen LogP contribution is 2.27. The van der Waals surface area contributed by atoms with Gasteiger partial charge in [0.2, 0.25) is 0 Å². The lowest BCUT2D eigenvalue weighted by Crippen LogP contribution is -2.24. The molecule has 0 radical (unpaired) electrons. The van der Waals surface area contributed by atoms with Crippen LogP contribution in [-0.4, -0.2) is 61.6 Å². The molecule has 0 aliphatic heterocycles. The fraction of sp³-hybridized carbons (Fsp3) is 0.444. The van der Waals surface area contributed by atoms with Crippen LogP contribution in [0.4, 0.5) is 17.3 Å². The summed E-state index contributed by atoms with van der Waals surface area (Å²) in [6, 6.07) is 6.35. The first-order valence-corrected chi connectivity index (χ1v) is 8.41. The molecule has 9 heteroatoms. The number of aliphatic hydroxyl groups excluding tert-OH is 1. The summed E-state index contributed by atoms with van der Waals surface area (Å²) >= 11 is 0. The highest BCUT2D eigenvalue weighted by molar-refractivity contribution is 5.60. The first-order valence-electron chi connectivity index (χ1n) is 8.41. The summed E-state index contributed by atoms with van der Waals surface area (Å²) in [6.45, 7) is 0. The van der Waals surface area contributed by atoms with E-state index in [4.69, 9.17) is 4.74 Å². The van der Waals surface area contributed by atoms with Gasteiger partial charge in [0.25, 0.3) is 5.69 Å². The molecule has 0 fully saturated rings. The quantitative estimate of drug-likeness (QED) is 0.422. The van der Waals surface area contributed by atoms with Crippen molar-refractivity contribution < 1.29 is 14.8 Å². The first-order chi connectivity index (χ1) is 12.7. The summed E-state index contributed by atoms with van der Waals surface area (Å²) in [4.78, 5) is 23.4. The summed E-state index contributed by atoms with van der Waals surface area (Å²) in [5, 5.41) is 20.7. The molecule has 0 saturated heterocycles. The van der Waals surface area contributed by atoms with E-state index in [-0.39, 0.29) is 12.1 Å². The van der Waals surface area contributed by atoms with Crippen LogP contribution in [0.1, 0.15) is 17.0 Å². The lowest BCUT2D eigenvalue weighted by atomic mass is 10.1. The van der Waals surface area contributed by atoms with Crippen LogP contribution in [0, 0.1) is 10.1 Å². The Hall–Kier alpha value is -2.78. The van der Waals surface area contributed by atoms with E-state index in [1.807, 2.05) is 38.0 Å². The van der Waals surface area contributed by atoms with E-state index in [1.165, 1.54) is 19.2 Å². The number of hydrogen-bond donors (Lipinski definition) is 1. The Balaban J connectivity index is 2.43. The van der Waals surface area contributed by atoms with Crippen molar-refractivity contribution in [3.8, 4) is 0 Å². The van der Waals surface area contributed by atoms with E-state index in [2.05, 4.69) is 9.97 Å². The molecule has 9 nitrogen and oxygen atoms in total. The maximum absolute atomic E-state index is 10.8. The van der Waals surface area contributed by atoms with Crippen molar-refractivity contribution in [2.75, 3.05) is 45.1 Å². The van der Waals surface area contributed by atoms with Crippen LogP contribution in [-0.2, 0) is 17.6 Å². The molecule has 27 heavy (non-hydrogen) atoms. The Morgan fingerprint density at radius 3 is 2.04 bits per heavy atom. The number of ether oxygens (including phenoxy) is 1. The number of anilines is 2. The monoisotopic (exact) mass is 375 g/mol. The average Bonchev–Trinajstić information content (AvgIpc) is 2.62.